The maximum absolute atomic E-state index is 11.9. The lowest BCUT2D eigenvalue weighted by molar-refractivity contribution is -0.138. The van der Waals surface area contributed by atoms with Crippen molar-refractivity contribution in [2.75, 3.05) is 13.2 Å². The minimum Gasteiger partial charge on any atom is -0.459 e. The number of esters is 2. The lowest BCUT2D eigenvalue weighted by atomic mass is 10.1. The molecule has 0 atom stereocenters. The van der Waals surface area contributed by atoms with Crippen molar-refractivity contribution in [2.24, 2.45) is 0 Å². The number of ether oxygens (including phenoxy) is 2. The van der Waals surface area contributed by atoms with Gasteiger partial charge in [0.15, 0.2) is 0 Å². The summed E-state index contributed by atoms with van der Waals surface area (Å²) in [6, 6.07) is 7.04. The Kier molecular flexibility index (Phi) is 5.36. The minimum atomic E-state index is -0.826. The van der Waals surface area contributed by atoms with Crippen LogP contribution in [0.2, 0.25) is 0 Å². The molecular weight excluding hydrogens is 356 g/mol. The van der Waals surface area contributed by atoms with Gasteiger partial charge in [-0.05, 0) is 6.07 Å². The molecule has 0 unspecified atom stereocenters. The molecule has 2 heterocycles. The normalized spacial score (nSPS) is 10.4. The first kappa shape index (κ1) is 18.0. The van der Waals surface area contributed by atoms with Crippen LogP contribution in [0.15, 0.2) is 46.0 Å². The van der Waals surface area contributed by atoms with Gasteiger partial charge in [-0.1, -0.05) is 35.1 Å². The van der Waals surface area contributed by atoms with Gasteiger partial charge in [-0.25, -0.2) is 9.59 Å². The van der Waals surface area contributed by atoms with Crippen LogP contribution in [-0.2, 0) is 14.3 Å². The topological polar surface area (TPSA) is 130 Å². The lowest BCUT2D eigenvalue weighted by Crippen LogP contribution is -2.13. The summed E-state index contributed by atoms with van der Waals surface area (Å²) in [7, 11) is 0. The predicted molar refractivity (Wildman–Crippen MR) is 89.2 cm³/mol. The summed E-state index contributed by atoms with van der Waals surface area (Å²) in [5, 5.41) is 7.62. The Morgan fingerprint density at radius 1 is 1.07 bits per heavy atom. The summed E-state index contributed by atoms with van der Waals surface area (Å²) < 4.78 is 19.5. The molecule has 1 aromatic carbocycles. The van der Waals surface area contributed by atoms with E-state index in [4.69, 9.17) is 13.8 Å². The van der Waals surface area contributed by atoms with Gasteiger partial charge in [-0.15, -0.1) is 0 Å². The average molecular weight is 370 g/mol. The molecule has 0 aliphatic carbocycles. The van der Waals surface area contributed by atoms with Gasteiger partial charge in [0.2, 0.25) is 17.5 Å². The molecule has 0 spiro atoms. The Morgan fingerprint density at radius 2 is 1.74 bits per heavy atom. The summed E-state index contributed by atoms with van der Waals surface area (Å²) in [5.41, 5.74) is 1.29. The zero-order valence-electron chi connectivity index (χ0n) is 14.2. The molecule has 0 fully saturated rings. The van der Waals surface area contributed by atoms with Gasteiger partial charge in [0, 0.05) is 24.1 Å². The van der Waals surface area contributed by atoms with E-state index in [0.29, 0.717) is 22.8 Å². The average Bonchev–Trinajstić information content (AvgIpc) is 3.34. The number of aromatic nitrogens is 4. The van der Waals surface area contributed by atoms with Crippen LogP contribution < -0.4 is 0 Å². The Labute approximate surface area is 152 Å². The van der Waals surface area contributed by atoms with E-state index in [1.54, 1.807) is 31.2 Å². The second-order valence-electron chi connectivity index (χ2n) is 5.15. The van der Waals surface area contributed by atoms with Gasteiger partial charge in [0.05, 0.1) is 0 Å². The first-order valence-electron chi connectivity index (χ1n) is 7.78. The molecule has 0 aliphatic heterocycles. The van der Waals surface area contributed by atoms with Crippen LogP contribution in [0.4, 0.5) is 0 Å². The van der Waals surface area contributed by atoms with E-state index in [-0.39, 0.29) is 24.9 Å². The SMILES string of the molecule is C=CC(=O)OCCOC(=O)c1nc(-c2cccc(-c3noc(C)n3)c2)no1. The van der Waals surface area contributed by atoms with Crippen molar-refractivity contribution >= 4 is 11.9 Å². The van der Waals surface area contributed by atoms with Crippen LogP contribution in [0.25, 0.3) is 22.8 Å². The maximum atomic E-state index is 11.9. The van der Waals surface area contributed by atoms with Crippen molar-refractivity contribution in [2.45, 2.75) is 6.92 Å². The first-order valence-corrected chi connectivity index (χ1v) is 7.78. The van der Waals surface area contributed by atoms with Crippen molar-refractivity contribution in [1.82, 2.24) is 20.3 Å². The van der Waals surface area contributed by atoms with Crippen LogP contribution in [0.1, 0.15) is 16.6 Å². The number of aryl methyl sites for hydroxylation is 1. The third-order valence-electron chi connectivity index (χ3n) is 3.23. The summed E-state index contributed by atoms with van der Waals surface area (Å²) >= 11 is 0. The van der Waals surface area contributed by atoms with E-state index >= 15 is 0 Å². The zero-order valence-corrected chi connectivity index (χ0v) is 14.2. The fourth-order valence-electron chi connectivity index (χ4n) is 2.03. The number of hydrogen-bond acceptors (Lipinski definition) is 10. The Morgan fingerprint density at radius 3 is 2.41 bits per heavy atom. The fourth-order valence-corrected chi connectivity index (χ4v) is 2.03. The highest BCUT2D eigenvalue weighted by molar-refractivity contribution is 5.84. The van der Waals surface area contributed by atoms with Crippen molar-refractivity contribution < 1.29 is 28.1 Å². The zero-order chi connectivity index (χ0) is 19.2. The smallest absolute Gasteiger partial charge is 0.397 e. The van der Waals surface area contributed by atoms with Crippen LogP contribution in [0, 0.1) is 6.92 Å². The molecule has 0 amide bonds. The van der Waals surface area contributed by atoms with Crippen molar-refractivity contribution in [3.05, 3.63) is 48.7 Å². The molecule has 0 bridgehead atoms. The fraction of sp³-hybridized carbons (Fsp3) is 0.176. The van der Waals surface area contributed by atoms with Crippen LogP contribution in [-0.4, -0.2) is 45.4 Å². The van der Waals surface area contributed by atoms with Crippen LogP contribution in [0.5, 0.6) is 0 Å². The molecule has 10 nitrogen and oxygen atoms in total. The van der Waals surface area contributed by atoms with E-state index < -0.39 is 11.9 Å². The number of carbonyl (C=O) groups is 2. The first-order chi connectivity index (χ1) is 13.1. The van der Waals surface area contributed by atoms with E-state index in [2.05, 4.69) is 31.6 Å². The van der Waals surface area contributed by atoms with Gasteiger partial charge in [0.1, 0.15) is 13.2 Å². The van der Waals surface area contributed by atoms with Crippen LogP contribution >= 0.6 is 0 Å². The molecule has 138 valence electrons. The third-order valence-corrected chi connectivity index (χ3v) is 3.23. The van der Waals surface area contributed by atoms with Crippen molar-refractivity contribution in [3.63, 3.8) is 0 Å². The van der Waals surface area contributed by atoms with E-state index in [1.807, 2.05) is 0 Å². The number of benzene rings is 1. The molecule has 0 saturated carbocycles. The molecule has 3 aromatic rings. The maximum Gasteiger partial charge on any atom is 0.397 e. The summed E-state index contributed by atoms with van der Waals surface area (Å²) in [6.07, 6.45) is 1.01. The Balaban J connectivity index is 1.66. The Bertz CT molecular complexity index is 977. The molecular formula is C17H14N4O6. The van der Waals surface area contributed by atoms with Crippen LogP contribution in [0.3, 0.4) is 0 Å². The molecule has 0 N–H and O–H groups in total. The monoisotopic (exact) mass is 370 g/mol. The second-order valence-corrected chi connectivity index (χ2v) is 5.15. The number of hydrogen-bond donors (Lipinski definition) is 0. The van der Waals surface area contributed by atoms with Gasteiger partial charge >= 0.3 is 17.8 Å². The molecule has 3 rings (SSSR count). The van der Waals surface area contributed by atoms with Gasteiger partial charge in [-0.3, -0.25) is 0 Å². The quantitative estimate of drug-likeness (QED) is 0.345. The summed E-state index contributed by atoms with van der Waals surface area (Å²) in [4.78, 5) is 30.9. The van der Waals surface area contributed by atoms with Gasteiger partial charge in [0.25, 0.3) is 0 Å². The molecule has 10 heteroatoms. The molecule has 0 saturated heterocycles. The second kappa shape index (κ2) is 8.04. The highest BCUT2D eigenvalue weighted by atomic mass is 16.6. The highest BCUT2D eigenvalue weighted by Gasteiger charge is 2.18. The van der Waals surface area contributed by atoms with E-state index in [9.17, 15) is 9.59 Å². The minimum absolute atomic E-state index is 0.107. The number of rotatable bonds is 7. The lowest BCUT2D eigenvalue weighted by Gasteiger charge is -2.01. The number of nitrogens with zero attached hydrogens (tertiary/aromatic N) is 4. The van der Waals surface area contributed by atoms with Crippen molar-refractivity contribution in [3.8, 4) is 22.8 Å². The van der Waals surface area contributed by atoms with E-state index in [0.717, 1.165) is 6.08 Å². The van der Waals surface area contributed by atoms with E-state index in [1.165, 1.54) is 0 Å². The largest absolute Gasteiger partial charge is 0.459 e. The van der Waals surface area contributed by atoms with Gasteiger partial charge in [-0.2, -0.15) is 9.97 Å². The summed E-state index contributed by atoms with van der Waals surface area (Å²) in [6.45, 7) is 4.68. The highest BCUT2D eigenvalue weighted by Crippen LogP contribution is 2.23. The predicted octanol–water partition coefficient (Wildman–Crippen LogP) is 1.98. The third kappa shape index (κ3) is 4.42. The Hall–Kier alpha value is -3.82. The van der Waals surface area contributed by atoms with Crippen molar-refractivity contribution in [1.29, 1.82) is 0 Å². The molecule has 2 aromatic heterocycles. The van der Waals surface area contributed by atoms with Gasteiger partial charge < -0.3 is 18.5 Å². The standard InChI is InChI=1S/C17H14N4O6/c1-3-13(22)24-7-8-25-17(23)16-19-15(21-27-16)12-6-4-5-11(9-12)14-18-10(2)26-20-14/h3-6,9H,1,7-8H2,2H3. The number of carbonyl (C=O) groups excluding carboxylic acids is 2. The molecule has 0 radical (unpaired) electrons. The summed E-state index contributed by atoms with van der Waals surface area (Å²) in [5.74, 6) is -0.690. The molecule has 27 heavy (non-hydrogen) atoms. The molecule has 0 aliphatic rings.